The summed E-state index contributed by atoms with van der Waals surface area (Å²) in [4.78, 5) is 3.85. The van der Waals surface area contributed by atoms with Crippen LogP contribution in [0.5, 0.6) is 0 Å². The van der Waals surface area contributed by atoms with E-state index in [0.717, 1.165) is 12.7 Å². The second kappa shape index (κ2) is 7.44. The molecule has 0 radical (unpaired) electrons. The molecule has 0 amide bonds. The van der Waals surface area contributed by atoms with E-state index in [1.165, 1.54) is 23.0 Å². The summed E-state index contributed by atoms with van der Waals surface area (Å²) in [6.45, 7) is 3.19. The number of nitrogens with one attached hydrogen (secondary N) is 1. The van der Waals surface area contributed by atoms with Crippen molar-refractivity contribution >= 4 is 15.7 Å². The first-order chi connectivity index (χ1) is 11.7. The molecule has 0 aliphatic carbocycles. The predicted molar refractivity (Wildman–Crippen MR) is 88.7 cm³/mol. The molecule has 0 saturated heterocycles. The zero-order chi connectivity index (χ0) is 18.8. The standard InChI is InChI=1S/C15H20F2N4O3S/c1-4-9(2)19-15-11(8-22)13(14(16)17)20-21(15)10-5-6-12(18-7-10)25(3,23)24/h5-7,9,14,19,22H,4,8H2,1-3H3. The van der Waals surface area contributed by atoms with Crippen molar-refractivity contribution in [3.05, 3.63) is 29.6 Å². The number of aliphatic hydroxyl groups excluding tert-OH is 1. The van der Waals surface area contributed by atoms with Gasteiger partial charge in [0.2, 0.25) is 0 Å². The summed E-state index contributed by atoms with van der Waals surface area (Å²) in [5.74, 6) is 0.237. The summed E-state index contributed by atoms with van der Waals surface area (Å²) >= 11 is 0. The van der Waals surface area contributed by atoms with Gasteiger partial charge in [0.1, 0.15) is 11.5 Å². The molecule has 1 unspecified atom stereocenters. The van der Waals surface area contributed by atoms with Gasteiger partial charge in [0.05, 0.1) is 18.5 Å². The number of anilines is 1. The topological polar surface area (TPSA) is 97.1 Å². The Hall–Kier alpha value is -2.07. The quantitative estimate of drug-likeness (QED) is 0.772. The summed E-state index contributed by atoms with van der Waals surface area (Å²) in [6.07, 6.45) is 0.133. The van der Waals surface area contributed by atoms with Crippen LogP contribution in [0, 0.1) is 0 Å². The Balaban J connectivity index is 2.59. The van der Waals surface area contributed by atoms with Gasteiger partial charge in [-0.25, -0.2) is 26.9 Å². The lowest BCUT2D eigenvalue weighted by atomic mass is 10.2. The number of rotatable bonds is 7. The van der Waals surface area contributed by atoms with Gasteiger partial charge in [0.15, 0.2) is 14.9 Å². The normalized spacial score (nSPS) is 13.2. The maximum absolute atomic E-state index is 13.3. The monoisotopic (exact) mass is 374 g/mol. The molecule has 0 fully saturated rings. The van der Waals surface area contributed by atoms with E-state index in [9.17, 15) is 22.3 Å². The smallest absolute Gasteiger partial charge is 0.282 e. The van der Waals surface area contributed by atoms with Crippen LogP contribution in [0.25, 0.3) is 5.69 Å². The van der Waals surface area contributed by atoms with E-state index in [-0.39, 0.29) is 22.4 Å². The fourth-order valence-corrected chi connectivity index (χ4v) is 2.75. The van der Waals surface area contributed by atoms with Crippen molar-refractivity contribution in [1.29, 1.82) is 0 Å². The van der Waals surface area contributed by atoms with Crippen LogP contribution in [0.15, 0.2) is 23.4 Å². The second-order valence-corrected chi connectivity index (χ2v) is 7.63. The Morgan fingerprint density at radius 2 is 2.04 bits per heavy atom. The zero-order valence-electron chi connectivity index (χ0n) is 14.1. The number of aromatic nitrogens is 3. The van der Waals surface area contributed by atoms with Crippen molar-refractivity contribution in [3.8, 4) is 5.69 Å². The molecule has 2 N–H and O–H groups in total. The SMILES string of the molecule is CCC(C)Nc1c(CO)c(C(F)F)nn1-c1ccc(S(C)(=O)=O)nc1. The molecule has 10 heteroatoms. The van der Waals surface area contributed by atoms with E-state index in [4.69, 9.17) is 0 Å². The summed E-state index contributed by atoms with van der Waals surface area (Å²) in [5, 5.41) is 16.3. The van der Waals surface area contributed by atoms with Crippen molar-refractivity contribution in [3.63, 3.8) is 0 Å². The maximum atomic E-state index is 13.3. The fraction of sp³-hybridized carbons (Fsp3) is 0.467. The van der Waals surface area contributed by atoms with E-state index >= 15 is 0 Å². The van der Waals surface area contributed by atoms with Gasteiger partial charge in [-0.2, -0.15) is 5.10 Å². The Morgan fingerprint density at radius 1 is 1.36 bits per heavy atom. The molecular formula is C15H20F2N4O3S. The number of alkyl halides is 2. The van der Waals surface area contributed by atoms with E-state index in [0.29, 0.717) is 5.69 Å². The highest BCUT2D eigenvalue weighted by atomic mass is 32.2. The van der Waals surface area contributed by atoms with Crippen molar-refractivity contribution in [2.24, 2.45) is 0 Å². The van der Waals surface area contributed by atoms with Gasteiger partial charge in [-0.05, 0) is 25.5 Å². The minimum absolute atomic E-state index is 0.00231. The average molecular weight is 374 g/mol. The molecule has 0 aliphatic heterocycles. The molecular weight excluding hydrogens is 354 g/mol. The van der Waals surface area contributed by atoms with Crippen LogP contribution in [-0.4, -0.2) is 40.6 Å². The van der Waals surface area contributed by atoms with Crippen LogP contribution < -0.4 is 5.32 Å². The van der Waals surface area contributed by atoms with Gasteiger partial charge < -0.3 is 10.4 Å². The van der Waals surface area contributed by atoms with Crippen LogP contribution in [-0.2, 0) is 16.4 Å². The molecule has 0 saturated carbocycles. The predicted octanol–water partition coefficient (Wildman–Crippen LogP) is 2.31. The largest absolute Gasteiger partial charge is 0.391 e. The van der Waals surface area contributed by atoms with E-state index in [1.54, 1.807) is 0 Å². The first-order valence-electron chi connectivity index (χ1n) is 7.62. The first kappa shape index (κ1) is 19.3. The number of aliphatic hydroxyl groups is 1. The first-order valence-corrected chi connectivity index (χ1v) is 9.52. The lowest BCUT2D eigenvalue weighted by Gasteiger charge is -2.16. The summed E-state index contributed by atoms with van der Waals surface area (Å²) in [5.41, 5.74) is -0.220. The van der Waals surface area contributed by atoms with Crippen LogP contribution in [0.4, 0.5) is 14.6 Å². The number of hydrogen-bond donors (Lipinski definition) is 2. The molecule has 2 rings (SSSR count). The van der Waals surface area contributed by atoms with Crippen molar-refractivity contribution < 1.29 is 22.3 Å². The van der Waals surface area contributed by atoms with Crippen molar-refractivity contribution in [1.82, 2.24) is 14.8 Å². The van der Waals surface area contributed by atoms with Crippen LogP contribution in [0.3, 0.4) is 0 Å². The Kier molecular flexibility index (Phi) is 5.73. The molecule has 2 aromatic heterocycles. The van der Waals surface area contributed by atoms with Crippen LogP contribution in [0.1, 0.15) is 38.0 Å². The van der Waals surface area contributed by atoms with Crippen molar-refractivity contribution in [2.45, 2.75) is 44.4 Å². The van der Waals surface area contributed by atoms with Gasteiger partial charge in [0.25, 0.3) is 6.43 Å². The molecule has 0 bridgehead atoms. The highest BCUT2D eigenvalue weighted by molar-refractivity contribution is 7.90. The molecule has 25 heavy (non-hydrogen) atoms. The third-order valence-corrected chi connectivity index (χ3v) is 4.72. The highest BCUT2D eigenvalue weighted by Crippen LogP contribution is 2.31. The zero-order valence-corrected chi connectivity index (χ0v) is 14.9. The molecule has 0 spiro atoms. The van der Waals surface area contributed by atoms with E-state index in [1.807, 2.05) is 13.8 Å². The van der Waals surface area contributed by atoms with Gasteiger partial charge >= 0.3 is 0 Å². The third-order valence-electron chi connectivity index (χ3n) is 3.72. The molecule has 0 aromatic carbocycles. The van der Waals surface area contributed by atoms with Gasteiger partial charge in [-0.1, -0.05) is 6.92 Å². The van der Waals surface area contributed by atoms with Crippen LogP contribution in [0.2, 0.25) is 0 Å². The highest BCUT2D eigenvalue weighted by Gasteiger charge is 2.25. The summed E-state index contributed by atoms with van der Waals surface area (Å²) in [7, 11) is -3.47. The molecule has 2 heterocycles. The third kappa shape index (κ3) is 4.13. The van der Waals surface area contributed by atoms with Crippen molar-refractivity contribution in [2.75, 3.05) is 11.6 Å². The average Bonchev–Trinajstić information content (AvgIpc) is 2.92. The van der Waals surface area contributed by atoms with E-state index < -0.39 is 28.6 Å². The molecule has 7 nitrogen and oxygen atoms in total. The number of pyridine rings is 1. The minimum Gasteiger partial charge on any atom is -0.391 e. The number of hydrogen-bond acceptors (Lipinski definition) is 6. The summed E-state index contributed by atoms with van der Waals surface area (Å²) < 4.78 is 50.7. The van der Waals surface area contributed by atoms with Crippen LogP contribution >= 0.6 is 0 Å². The second-order valence-electron chi connectivity index (χ2n) is 5.66. The Labute approximate surface area is 144 Å². The fourth-order valence-electron chi connectivity index (χ4n) is 2.19. The minimum atomic E-state index is -3.47. The lowest BCUT2D eigenvalue weighted by molar-refractivity contribution is 0.141. The number of sulfone groups is 1. The molecule has 1 atom stereocenters. The van der Waals surface area contributed by atoms with E-state index in [2.05, 4.69) is 15.4 Å². The molecule has 0 aliphatic rings. The molecule has 2 aromatic rings. The molecule has 138 valence electrons. The lowest BCUT2D eigenvalue weighted by Crippen LogP contribution is -2.18. The number of halogens is 2. The maximum Gasteiger partial charge on any atom is 0.282 e. The Morgan fingerprint density at radius 3 is 2.48 bits per heavy atom. The van der Waals surface area contributed by atoms with Gasteiger partial charge in [0, 0.05) is 17.9 Å². The summed E-state index contributed by atoms with van der Waals surface area (Å²) in [6, 6.07) is 2.66. The Bertz CT molecular complexity index is 835. The van der Waals surface area contributed by atoms with Gasteiger partial charge in [-0.3, -0.25) is 0 Å². The number of nitrogens with zero attached hydrogens (tertiary/aromatic N) is 3. The van der Waals surface area contributed by atoms with Gasteiger partial charge in [-0.15, -0.1) is 0 Å².